The Balaban J connectivity index is 1.56. The van der Waals surface area contributed by atoms with Crippen molar-refractivity contribution in [1.29, 1.82) is 0 Å². The second-order valence-electron chi connectivity index (χ2n) is 7.18. The van der Waals surface area contributed by atoms with E-state index in [0.717, 1.165) is 30.7 Å². The average Bonchev–Trinajstić information content (AvgIpc) is 3.38. The summed E-state index contributed by atoms with van der Waals surface area (Å²) >= 11 is 0. The number of hydrogen-bond donors (Lipinski definition) is 0. The smallest absolute Gasteiger partial charge is 0.269 e. The molecule has 4 rings (SSSR count). The number of anilines is 1. The Kier molecular flexibility index (Phi) is 5.21. The molecule has 0 saturated carbocycles. The molecule has 0 aromatic heterocycles. The fourth-order valence-electron chi connectivity index (χ4n) is 3.79. The number of para-hydroxylation sites is 1. The maximum atomic E-state index is 13.0. The fourth-order valence-corrected chi connectivity index (χ4v) is 3.79. The highest BCUT2D eigenvalue weighted by atomic mass is 16.5. The van der Waals surface area contributed by atoms with E-state index in [2.05, 4.69) is 12.1 Å². The predicted molar refractivity (Wildman–Crippen MR) is 107 cm³/mol. The molecule has 2 aromatic rings. The number of nitrogens with zero attached hydrogens (tertiary/aromatic N) is 3. The molecule has 2 unspecified atom stereocenters. The SMILES string of the molecule is CN(CC1CCCO1)C(=O)C1=NN(c2ccccc2)C(c2ccccc2)C1. The molecule has 1 saturated heterocycles. The van der Waals surface area contributed by atoms with Crippen LogP contribution in [0.3, 0.4) is 0 Å². The largest absolute Gasteiger partial charge is 0.376 e. The maximum absolute atomic E-state index is 13.0. The Labute approximate surface area is 160 Å². The minimum absolute atomic E-state index is 0.00939. The highest BCUT2D eigenvalue weighted by Gasteiger charge is 2.34. The molecule has 2 aromatic carbocycles. The van der Waals surface area contributed by atoms with E-state index in [1.165, 1.54) is 0 Å². The molecule has 2 atom stereocenters. The molecule has 2 heterocycles. The van der Waals surface area contributed by atoms with Crippen LogP contribution in [0, 0.1) is 0 Å². The number of likely N-dealkylation sites (N-methyl/N-ethyl adjacent to an activating group) is 1. The van der Waals surface area contributed by atoms with E-state index in [9.17, 15) is 4.79 Å². The van der Waals surface area contributed by atoms with E-state index >= 15 is 0 Å². The number of carbonyl (C=O) groups excluding carboxylic acids is 1. The average molecular weight is 363 g/mol. The van der Waals surface area contributed by atoms with E-state index < -0.39 is 0 Å². The highest BCUT2D eigenvalue weighted by molar-refractivity contribution is 6.39. The summed E-state index contributed by atoms with van der Waals surface area (Å²) in [4.78, 5) is 14.8. The van der Waals surface area contributed by atoms with Gasteiger partial charge in [0.2, 0.25) is 0 Å². The van der Waals surface area contributed by atoms with Crippen molar-refractivity contribution in [1.82, 2.24) is 4.90 Å². The lowest BCUT2D eigenvalue weighted by atomic mass is 10.0. The molecule has 0 spiro atoms. The summed E-state index contributed by atoms with van der Waals surface area (Å²) in [7, 11) is 1.84. The first-order valence-corrected chi connectivity index (χ1v) is 9.56. The molecule has 27 heavy (non-hydrogen) atoms. The molecule has 2 aliphatic heterocycles. The topological polar surface area (TPSA) is 45.1 Å². The summed E-state index contributed by atoms with van der Waals surface area (Å²) < 4.78 is 5.67. The Hall–Kier alpha value is -2.66. The highest BCUT2D eigenvalue weighted by Crippen LogP contribution is 2.35. The van der Waals surface area contributed by atoms with Crippen molar-refractivity contribution >= 4 is 17.3 Å². The predicted octanol–water partition coefficient (Wildman–Crippen LogP) is 3.63. The maximum Gasteiger partial charge on any atom is 0.269 e. The Bertz CT molecular complexity index is 801. The van der Waals surface area contributed by atoms with Crippen molar-refractivity contribution in [2.75, 3.05) is 25.2 Å². The third-order valence-corrected chi connectivity index (χ3v) is 5.21. The number of ether oxygens (including phenoxy) is 1. The lowest BCUT2D eigenvalue weighted by Gasteiger charge is -2.23. The zero-order valence-electron chi connectivity index (χ0n) is 15.6. The monoisotopic (exact) mass is 363 g/mol. The van der Waals surface area contributed by atoms with E-state index in [1.807, 2.05) is 60.6 Å². The lowest BCUT2D eigenvalue weighted by molar-refractivity contribution is -0.124. The van der Waals surface area contributed by atoms with Crippen LogP contribution in [-0.2, 0) is 9.53 Å². The van der Waals surface area contributed by atoms with Crippen LogP contribution in [0.2, 0.25) is 0 Å². The number of hydrogen-bond acceptors (Lipinski definition) is 4. The third kappa shape index (κ3) is 3.88. The van der Waals surface area contributed by atoms with E-state index in [1.54, 1.807) is 4.90 Å². The van der Waals surface area contributed by atoms with Crippen molar-refractivity contribution in [3.05, 3.63) is 66.2 Å². The van der Waals surface area contributed by atoms with Gasteiger partial charge in [0.1, 0.15) is 5.71 Å². The Morgan fingerprint density at radius 3 is 2.52 bits per heavy atom. The lowest BCUT2D eigenvalue weighted by Crippen LogP contribution is -2.38. The summed E-state index contributed by atoms with van der Waals surface area (Å²) in [5.41, 5.74) is 2.76. The molecule has 140 valence electrons. The summed E-state index contributed by atoms with van der Waals surface area (Å²) in [5, 5.41) is 6.70. The number of rotatable bonds is 5. The number of amides is 1. The van der Waals surface area contributed by atoms with Crippen LogP contribution in [0.15, 0.2) is 65.8 Å². The van der Waals surface area contributed by atoms with Gasteiger partial charge in [0.05, 0.1) is 17.8 Å². The summed E-state index contributed by atoms with van der Waals surface area (Å²) in [5.74, 6) is -0.00939. The molecule has 2 aliphatic rings. The van der Waals surface area contributed by atoms with Gasteiger partial charge in [-0.1, -0.05) is 48.5 Å². The van der Waals surface area contributed by atoms with Gasteiger partial charge in [0, 0.05) is 26.6 Å². The van der Waals surface area contributed by atoms with Gasteiger partial charge in [-0.3, -0.25) is 9.80 Å². The first-order chi connectivity index (χ1) is 13.2. The second-order valence-corrected chi connectivity index (χ2v) is 7.18. The molecule has 5 heteroatoms. The van der Waals surface area contributed by atoms with Gasteiger partial charge < -0.3 is 9.64 Å². The third-order valence-electron chi connectivity index (χ3n) is 5.21. The second kappa shape index (κ2) is 7.92. The van der Waals surface area contributed by atoms with Gasteiger partial charge in [-0.15, -0.1) is 0 Å². The minimum atomic E-state index is -0.00939. The molecule has 0 bridgehead atoms. The van der Waals surface area contributed by atoms with E-state index in [4.69, 9.17) is 9.84 Å². The summed E-state index contributed by atoms with van der Waals surface area (Å²) in [6.07, 6.45) is 2.85. The Morgan fingerprint density at radius 2 is 1.85 bits per heavy atom. The van der Waals surface area contributed by atoms with Crippen LogP contribution >= 0.6 is 0 Å². The van der Waals surface area contributed by atoms with Crippen LogP contribution < -0.4 is 5.01 Å². The van der Waals surface area contributed by atoms with Gasteiger partial charge >= 0.3 is 0 Å². The molecule has 0 aliphatic carbocycles. The van der Waals surface area contributed by atoms with Crippen molar-refractivity contribution in [2.45, 2.75) is 31.4 Å². The summed E-state index contributed by atoms with van der Waals surface area (Å²) in [6.45, 7) is 1.42. The number of hydrazone groups is 1. The standard InChI is InChI=1S/C22H25N3O2/c1-24(16-19-13-8-14-27-19)22(26)20-15-21(17-9-4-2-5-10-17)25(23-20)18-11-6-3-7-12-18/h2-7,9-12,19,21H,8,13-16H2,1H3. The minimum Gasteiger partial charge on any atom is -0.376 e. The molecular formula is C22H25N3O2. The number of carbonyl (C=O) groups is 1. The molecule has 1 fully saturated rings. The molecule has 0 N–H and O–H groups in total. The first kappa shape index (κ1) is 17.7. The van der Waals surface area contributed by atoms with Gasteiger partial charge in [-0.05, 0) is 30.5 Å². The first-order valence-electron chi connectivity index (χ1n) is 9.56. The fraction of sp³-hybridized carbons (Fsp3) is 0.364. The van der Waals surface area contributed by atoms with E-state index in [-0.39, 0.29) is 18.1 Å². The van der Waals surface area contributed by atoms with Gasteiger partial charge in [-0.25, -0.2) is 0 Å². The number of benzene rings is 2. The quantitative estimate of drug-likeness (QED) is 0.815. The molecule has 5 nitrogen and oxygen atoms in total. The van der Waals surface area contributed by atoms with Gasteiger partial charge in [-0.2, -0.15) is 5.10 Å². The summed E-state index contributed by atoms with van der Waals surface area (Å²) in [6, 6.07) is 20.3. The Morgan fingerprint density at radius 1 is 1.15 bits per heavy atom. The van der Waals surface area contributed by atoms with Crippen molar-refractivity contribution in [2.24, 2.45) is 5.10 Å². The van der Waals surface area contributed by atoms with Crippen molar-refractivity contribution < 1.29 is 9.53 Å². The van der Waals surface area contributed by atoms with Crippen molar-refractivity contribution in [3.8, 4) is 0 Å². The zero-order valence-corrected chi connectivity index (χ0v) is 15.6. The molecular weight excluding hydrogens is 338 g/mol. The van der Waals surface area contributed by atoms with Gasteiger partial charge in [0.25, 0.3) is 5.91 Å². The van der Waals surface area contributed by atoms with Crippen LogP contribution in [0.5, 0.6) is 0 Å². The zero-order chi connectivity index (χ0) is 18.6. The molecule has 1 amide bonds. The van der Waals surface area contributed by atoms with Crippen molar-refractivity contribution in [3.63, 3.8) is 0 Å². The van der Waals surface area contributed by atoms with Crippen LogP contribution in [0.1, 0.15) is 30.9 Å². The van der Waals surface area contributed by atoms with Gasteiger partial charge in [0.15, 0.2) is 0 Å². The normalized spacial score (nSPS) is 22.0. The van der Waals surface area contributed by atoms with E-state index in [0.29, 0.717) is 18.7 Å². The van der Waals surface area contributed by atoms with Crippen LogP contribution in [-0.4, -0.2) is 42.8 Å². The molecule has 0 radical (unpaired) electrons. The van der Waals surface area contributed by atoms with Crippen LogP contribution in [0.4, 0.5) is 5.69 Å². The van der Waals surface area contributed by atoms with Crippen LogP contribution in [0.25, 0.3) is 0 Å².